The molecule has 1 atom stereocenters. The van der Waals surface area contributed by atoms with Gasteiger partial charge in [-0.25, -0.2) is 0 Å². The third-order valence-electron chi connectivity index (χ3n) is 6.76. The average molecular weight is 381 g/mol. The van der Waals surface area contributed by atoms with E-state index in [1.807, 2.05) is 11.7 Å². The van der Waals surface area contributed by atoms with E-state index in [1.165, 1.54) is 18.5 Å². The van der Waals surface area contributed by atoms with Gasteiger partial charge in [0.05, 0.1) is 17.1 Å². The second kappa shape index (κ2) is 6.88. The second-order valence-corrected chi connectivity index (χ2v) is 8.47. The zero-order valence-electron chi connectivity index (χ0n) is 16.3. The lowest BCUT2D eigenvalue weighted by Crippen LogP contribution is -2.51. The molecule has 3 aliphatic rings. The molecule has 1 aromatic carbocycles. The summed E-state index contributed by atoms with van der Waals surface area (Å²) in [5.41, 5.74) is 3.06. The molecule has 4 heterocycles. The maximum absolute atomic E-state index is 12.3. The van der Waals surface area contributed by atoms with Gasteiger partial charge in [0.2, 0.25) is 11.8 Å². The first kappa shape index (κ1) is 17.7. The molecule has 7 nitrogen and oxygen atoms in total. The number of benzene rings is 1. The van der Waals surface area contributed by atoms with E-state index in [9.17, 15) is 9.59 Å². The van der Waals surface area contributed by atoms with Crippen molar-refractivity contribution < 1.29 is 9.59 Å². The van der Waals surface area contributed by atoms with E-state index < -0.39 is 0 Å². The second-order valence-electron chi connectivity index (χ2n) is 8.47. The average Bonchev–Trinajstić information content (AvgIpc) is 2.98. The third-order valence-corrected chi connectivity index (χ3v) is 6.76. The molecular formula is C21H27N5O2. The predicted molar refractivity (Wildman–Crippen MR) is 107 cm³/mol. The minimum Gasteiger partial charge on any atom is -0.371 e. The summed E-state index contributed by atoms with van der Waals surface area (Å²) >= 11 is 0. The topological polar surface area (TPSA) is 79.3 Å². The van der Waals surface area contributed by atoms with Crippen molar-refractivity contribution in [2.24, 2.45) is 18.9 Å². The Balaban J connectivity index is 1.35. The quantitative estimate of drug-likeness (QED) is 0.789. The summed E-state index contributed by atoms with van der Waals surface area (Å²) in [6.45, 7) is 4.58. The van der Waals surface area contributed by atoms with Crippen molar-refractivity contribution in [2.45, 2.75) is 31.6 Å². The molecule has 2 aromatic rings. The Morgan fingerprint density at radius 2 is 1.86 bits per heavy atom. The highest BCUT2D eigenvalue weighted by molar-refractivity contribution is 6.02. The summed E-state index contributed by atoms with van der Waals surface area (Å²) in [4.78, 5) is 26.2. The van der Waals surface area contributed by atoms with Gasteiger partial charge in [-0.3, -0.25) is 19.6 Å². The molecule has 3 aliphatic heterocycles. The Hall–Kier alpha value is -2.41. The molecule has 0 aliphatic carbocycles. The van der Waals surface area contributed by atoms with Crippen LogP contribution in [0.4, 0.5) is 5.69 Å². The van der Waals surface area contributed by atoms with Gasteiger partial charge in [0.1, 0.15) is 0 Å². The maximum Gasteiger partial charge on any atom is 0.235 e. The van der Waals surface area contributed by atoms with Crippen LogP contribution in [-0.4, -0.2) is 47.8 Å². The van der Waals surface area contributed by atoms with E-state index >= 15 is 0 Å². The number of nitrogens with one attached hydrogen (secondary N) is 2. The Morgan fingerprint density at radius 3 is 2.61 bits per heavy atom. The lowest BCUT2D eigenvalue weighted by Gasteiger charge is -2.46. The normalized spacial score (nSPS) is 24.5. The Morgan fingerprint density at radius 1 is 1.07 bits per heavy atom. The molecule has 0 spiro atoms. The van der Waals surface area contributed by atoms with E-state index in [2.05, 4.69) is 38.8 Å². The number of carbonyl (C=O) groups excluding carboxylic acids is 2. The molecular weight excluding hydrogens is 354 g/mol. The fourth-order valence-electron chi connectivity index (χ4n) is 5.02. The van der Waals surface area contributed by atoms with Gasteiger partial charge in [-0.15, -0.1) is 0 Å². The molecule has 3 fully saturated rings. The minimum absolute atomic E-state index is 0.190. The van der Waals surface area contributed by atoms with Gasteiger partial charge in [0, 0.05) is 37.6 Å². The van der Waals surface area contributed by atoms with Crippen LogP contribution in [0.2, 0.25) is 0 Å². The molecule has 5 rings (SSSR count). The molecule has 1 aromatic heterocycles. The number of imide groups is 1. The summed E-state index contributed by atoms with van der Waals surface area (Å²) in [7, 11) is 1.93. The summed E-state index contributed by atoms with van der Waals surface area (Å²) in [6.07, 6.45) is 3.50. The summed E-state index contributed by atoms with van der Waals surface area (Å²) < 4.78 is 1.86. The molecule has 2 N–H and O–H groups in total. The van der Waals surface area contributed by atoms with Crippen molar-refractivity contribution in [3.8, 4) is 0 Å². The monoisotopic (exact) mass is 381 g/mol. The zero-order chi connectivity index (χ0) is 19.3. The third kappa shape index (κ3) is 2.98. The summed E-state index contributed by atoms with van der Waals surface area (Å²) in [5.74, 6) is 0.902. The molecule has 1 unspecified atom stereocenters. The van der Waals surface area contributed by atoms with Crippen molar-refractivity contribution in [3.63, 3.8) is 0 Å². The van der Waals surface area contributed by atoms with Gasteiger partial charge in [-0.1, -0.05) is 0 Å². The van der Waals surface area contributed by atoms with Crippen LogP contribution in [0.25, 0.3) is 10.9 Å². The van der Waals surface area contributed by atoms with Crippen LogP contribution in [0.1, 0.15) is 37.3 Å². The van der Waals surface area contributed by atoms with Crippen molar-refractivity contribution in [3.05, 3.63) is 23.9 Å². The molecule has 3 saturated heterocycles. The van der Waals surface area contributed by atoms with Crippen molar-refractivity contribution in [2.75, 3.05) is 31.1 Å². The number of rotatable bonds is 3. The van der Waals surface area contributed by atoms with Gasteiger partial charge in [-0.2, -0.15) is 5.10 Å². The van der Waals surface area contributed by atoms with Crippen LogP contribution in [0.3, 0.4) is 0 Å². The van der Waals surface area contributed by atoms with Gasteiger partial charge in [-0.05, 0) is 62.4 Å². The number of carbonyl (C=O) groups is 2. The molecule has 0 radical (unpaired) electrons. The number of aryl methyl sites for hydroxylation is 1. The minimum atomic E-state index is -0.347. The van der Waals surface area contributed by atoms with Gasteiger partial charge >= 0.3 is 0 Å². The van der Waals surface area contributed by atoms with Gasteiger partial charge in [0.15, 0.2) is 0 Å². The van der Waals surface area contributed by atoms with Crippen molar-refractivity contribution >= 4 is 28.4 Å². The molecule has 2 amide bonds. The zero-order valence-corrected chi connectivity index (χ0v) is 16.3. The summed E-state index contributed by atoms with van der Waals surface area (Å²) in [6, 6.07) is 6.43. The Kier molecular flexibility index (Phi) is 4.34. The fourth-order valence-corrected chi connectivity index (χ4v) is 5.02. The summed E-state index contributed by atoms with van der Waals surface area (Å²) in [5, 5.41) is 11.5. The highest BCUT2D eigenvalue weighted by atomic mass is 16.2. The number of fused-ring (bicyclic) bond motifs is 1. The molecule has 28 heavy (non-hydrogen) atoms. The largest absolute Gasteiger partial charge is 0.371 e. The molecule has 0 saturated carbocycles. The van der Waals surface area contributed by atoms with Crippen LogP contribution in [0, 0.1) is 11.8 Å². The standard InChI is InChI=1S/C21H27N5O2/c1-25-18-10-15(26-11-14(12-26)13-6-8-22-9-7-13)2-3-16(18)20(24-25)17-4-5-19(27)23-21(17)28/h2-3,10,13-14,17,22H,4-9,11-12H2,1H3,(H,23,27,28). The van der Waals surface area contributed by atoms with Gasteiger partial charge < -0.3 is 10.2 Å². The number of aromatic nitrogens is 2. The molecule has 0 bridgehead atoms. The van der Waals surface area contributed by atoms with E-state index in [0.717, 1.165) is 54.6 Å². The first-order valence-corrected chi connectivity index (χ1v) is 10.4. The van der Waals surface area contributed by atoms with Gasteiger partial charge in [0.25, 0.3) is 0 Å². The Bertz CT molecular complexity index is 924. The highest BCUT2D eigenvalue weighted by Gasteiger charge is 2.35. The van der Waals surface area contributed by atoms with Crippen LogP contribution >= 0.6 is 0 Å². The van der Waals surface area contributed by atoms with E-state index in [0.29, 0.717) is 12.8 Å². The first-order chi connectivity index (χ1) is 13.6. The van der Waals surface area contributed by atoms with Crippen LogP contribution in [-0.2, 0) is 16.6 Å². The van der Waals surface area contributed by atoms with E-state index in [-0.39, 0.29) is 17.7 Å². The van der Waals surface area contributed by atoms with Crippen molar-refractivity contribution in [1.29, 1.82) is 0 Å². The first-order valence-electron chi connectivity index (χ1n) is 10.4. The smallest absolute Gasteiger partial charge is 0.235 e. The van der Waals surface area contributed by atoms with Crippen LogP contribution < -0.4 is 15.5 Å². The highest BCUT2D eigenvalue weighted by Crippen LogP contribution is 2.36. The number of nitrogens with zero attached hydrogens (tertiary/aromatic N) is 3. The lowest BCUT2D eigenvalue weighted by atomic mass is 9.80. The van der Waals surface area contributed by atoms with E-state index in [4.69, 9.17) is 0 Å². The number of hydrogen-bond donors (Lipinski definition) is 2. The fraction of sp³-hybridized carbons (Fsp3) is 0.571. The molecule has 148 valence electrons. The lowest BCUT2D eigenvalue weighted by molar-refractivity contribution is -0.134. The van der Waals surface area contributed by atoms with E-state index in [1.54, 1.807) is 0 Å². The Labute approximate surface area is 164 Å². The van der Waals surface area contributed by atoms with Crippen LogP contribution in [0.5, 0.6) is 0 Å². The number of amides is 2. The number of anilines is 1. The number of hydrogen-bond acceptors (Lipinski definition) is 5. The molecule has 7 heteroatoms. The SMILES string of the molecule is Cn1nc(C2CCC(=O)NC2=O)c2ccc(N3CC(C4CCNCC4)C3)cc21. The number of piperidine rings is 2. The predicted octanol–water partition coefficient (Wildman–Crippen LogP) is 1.53. The van der Waals surface area contributed by atoms with Crippen molar-refractivity contribution in [1.82, 2.24) is 20.4 Å². The van der Waals surface area contributed by atoms with Crippen LogP contribution in [0.15, 0.2) is 18.2 Å². The maximum atomic E-state index is 12.3.